The third kappa shape index (κ3) is 2.49. The minimum atomic E-state index is 0.209. The second-order valence-corrected chi connectivity index (χ2v) is 4.90. The molecule has 1 fully saturated rings. The monoisotopic (exact) mass is 236 g/mol. The van der Waals surface area contributed by atoms with E-state index in [0.29, 0.717) is 17.6 Å². The van der Waals surface area contributed by atoms with Crippen molar-refractivity contribution in [1.29, 1.82) is 0 Å². The molecule has 0 spiro atoms. The van der Waals surface area contributed by atoms with Crippen LogP contribution in [0.5, 0.6) is 5.75 Å². The number of aromatic nitrogens is 2. The number of anilines is 1. The maximum atomic E-state index is 6.14. The van der Waals surface area contributed by atoms with Crippen molar-refractivity contribution in [2.45, 2.75) is 19.9 Å². The quantitative estimate of drug-likeness (QED) is 0.845. The molecule has 2 N–H and O–H groups in total. The largest absolute Gasteiger partial charge is 0.494 e. The third-order valence-corrected chi connectivity index (χ3v) is 3.40. The number of hydrogen-bond donors (Lipinski definition) is 1. The van der Waals surface area contributed by atoms with Gasteiger partial charge < -0.3 is 15.4 Å². The fraction of sp³-hybridized carbons (Fsp3) is 0.667. The molecule has 0 unspecified atom stereocenters. The number of nitrogens with two attached hydrogens (primary N) is 1. The van der Waals surface area contributed by atoms with Crippen LogP contribution in [0.3, 0.4) is 0 Å². The molecule has 1 aliphatic rings. The molecular formula is C12H20N4O. The Labute approximate surface area is 102 Å². The van der Waals surface area contributed by atoms with Crippen LogP contribution >= 0.6 is 0 Å². The molecule has 1 aromatic rings. The van der Waals surface area contributed by atoms with E-state index in [1.54, 1.807) is 19.5 Å². The molecule has 0 aliphatic carbocycles. The molecule has 0 amide bonds. The lowest BCUT2D eigenvalue weighted by Crippen LogP contribution is -2.32. The Balaban J connectivity index is 2.08. The summed E-state index contributed by atoms with van der Waals surface area (Å²) in [7, 11) is 1.61. The van der Waals surface area contributed by atoms with Gasteiger partial charge in [-0.15, -0.1) is 0 Å². The first kappa shape index (κ1) is 12.1. The fourth-order valence-corrected chi connectivity index (χ4v) is 2.30. The van der Waals surface area contributed by atoms with Gasteiger partial charge in [-0.05, 0) is 11.8 Å². The van der Waals surface area contributed by atoms with Crippen LogP contribution in [0.25, 0.3) is 0 Å². The highest BCUT2D eigenvalue weighted by Gasteiger charge is 2.33. The maximum absolute atomic E-state index is 6.14. The van der Waals surface area contributed by atoms with Gasteiger partial charge in [-0.1, -0.05) is 13.8 Å². The topological polar surface area (TPSA) is 64.3 Å². The Morgan fingerprint density at radius 3 is 2.47 bits per heavy atom. The summed E-state index contributed by atoms with van der Waals surface area (Å²) in [6.07, 6.45) is 3.38. The lowest BCUT2D eigenvalue weighted by atomic mass is 9.92. The molecule has 1 aliphatic heterocycles. The number of ether oxygens (including phenoxy) is 1. The summed E-state index contributed by atoms with van der Waals surface area (Å²) in [5.41, 5.74) is 6.14. The molecule has 5 heteroatoms. The summed E-state index contributed by atoms with van der Waals surface area (Å²) < 4.78 is 5.04. The smallest absolute Gasteiger partial charge is 0.225 e. The van der Waals surface area contributed by atoms with Crippen molar-refractivity contribution in [2.75, 3.05) is 25.1 Å². The average Bonchev–Trinajstić information content (AvgIpc) is 2.71. The van der Waals surface area contributed by atoms with Crippen LogP contribution in [0.15, 0.2) is 12.4 Å². The molecule has 0 radical (unpaired) electrons. The molecule has 5 nitrogen and oxygen atoms in total. The SMILES string of the molecule is COc1cnc(N2C[C@@H](N)[C@H](C(C)C)C2)nc1. The van der Waals surface area contributed by atoms with E-state index < -0.39 is 0 Å². The van der Waals surface area contributed by atoms with Gasteiger partial charge in [0.15, 0.2) is 5.75 Å². The van der Waals surface area contributed by atoms with E-state index in [-0.39, 0.29) is 6.04 Å². The van der Waals surface area contributed by atoms with E-state index in [1.165, 1.54) is 0 Å². The molecule has 1 aromatic heterocycles. The number of rotatable bonds is 3. The lowest BCUT2D eigenvalue weighted by Gasteiger charge is -2.18. The minimum absolute atomic E-state index is 0.209. The van der Waals surface area contributed by atoms with Crippen molar-refractivity contribution in [1.82, 2.24) is 9.97 Å². The molecule has 17 heavy (non-hydrogen) atoms. The second-order valence-electron chi connectivity index (χ2n) is 4.90. The summed E-state index contributed by atoms with van der Waals surface area (Å²) in [4.78, 5) is 10.7. The van der Waals surface area contributed by atoms with E-state index in [0.717, 1.165) is 19.0 Å². The van der Waals surface area contributed by atoms with E-state index in [2.05, 4.69) is 28.7 Å². The molecule has 0 saturated carbocycles. The lowest BCUT2D eigenvalue weighted by molar-refractivity contribution is 0.382. The molecule has 94 valence electrons. The molecule has 2 atom stereocenters. The third-order valence-electron chi connectivity index (χ3n) is 3.40. The van der Waals surface area contributed by atoms with E-state index >= 15 is 0 Å². The number of nitrogens with zero attached hydrogens (tertiary/aromatic N) is 3. The zero-order valence-electron chi connectivity index (χ0n) is 10.6. The second kappa shape index (κ2) is 4.87. The molecule has 0 aromatic carbocycles. The molecule has 0 bridgehead atoms. The number of hydrogen-bond acceptors (Lipinski definition) is 5. The van der Waals surface area contributed by atoms with Gasteiger partial charge in [-0.3, -0.25) is 0 Å². The van der Waals surface area contributed by atoms with Crippen LogP contribution in [-0.4, -0.2) is 36.2 Å². The Hall–Kier alpha value is -1.36. The van der Waals surface area contributed by atoms with Crippen LogP contribution in [-0.2, 0) is 0 Å². The first-order valence-corrected chi connectivity index (χ1v) is 5.98. The van der Waals surface area contributed by atoms with Gasteiger partial charge in [0, 0.05) is 19.1 Å². The summed E-state index contributed by atoms with van der Waals surface area (Å²) in [5.74, 6) is 2.52. The zero-order valence-corrected chi connectivity index (χ0v) is 10.6. The highest BCUT2D eigenvalue weighted by atomic mass is 16.5. The first-order chi connectivity index (χ1) is 8.11. The van der Waals surface area contributed by atoms with Gasteiger partial charge >= 0.3 is 0 Å². The summed E-state index contributed by atoms with van der Waals surface area (Å²) in [6, 6.07) is 0.209. The van der Waals surface area contributed by atoms with Gasteiger partial charge in [0.25, 0.3) is 0 Å². The van der Waals surface area contributed by atoms with E-state index in [4.69, 9.17) is 10.5 Å². The zero-order chi connectivity index (χ0) is 12.4. The summed E-state index contributed by atoms with van der Waals surface area (Å²) in [6.45, 7) is 6.19. The van der Waals surface area contributed by atoms with E-state index in [9.17, 15) is 0 Å². The molecule has 2 rings (SSSR count). The highest BCUT2D eigenvalue weighted by molar-refractivity contribution is 5.34. The Kier molecular flexibility index (Phi) is 3.47. The molecular weight excluding hydrogens is 216 g/mol. The highest BCUT2D eigenvalue weighted by Crippen LogP contribution is 2.25. The van der Waals surface area contributed by atoms with Gasteiger partial charge in [0.05, 0.1) is 19.5 Å². The molecule has 1 saturated heterocycles. The van der Waals surface area contributed by atoms with Crippen LogP contribution in [0.2, 0.25) is 0 Å². The average molecular weight is 236 g/mol. The van der Waals surface area contributed by atoms with Crippen LogP contribution in [0, 0.1) is 11.8 Å². The van der Waals surface area contributed by atoms with Gasteiger partial charge in [-0.25, -0.2) is 9.97 Å². The van der Waals surface area contributed by atoms with Crippen molar-refractivity contribution in [3.8, 4) is 5.75 Å². The van der Waals surface area contributed by atoms with Crippen molar-refractivity contribution in [3.63, 3.8) is 0 Å². The maximum Gasteiger partial charge on any atom is 0.225 e. The summed E-state index contributed by atoms with van der Waals surface area (Å²) in [5, 5.41) is 0. The Bertz CT molecular complexity index is 365. The van der Waals surface area contributed by atoms with Crippen LogP contribution in [0.1, 0.15) is 13.8 Å². The standard InChI is InChI=1S/C12H20N4O/c1-8(2)10-6-16(7-11(10)13)12-14-4-9(17-3)5-15-12/h4-5,8,10-11H,6-7,13H2,1-3H3/t10-,11+/m0/s1. The Morgan fingerprint density at radius 1 is 1.35 bits per heavy atom. The van der Waals surface area contributed by atoms with Crippen molar-refractivity contribution in [2.24, 2.45) is 17.6 Å². The summed E-state index contributed by atoms with van der Waals surface area (Å²) >= 11 is 0. The normalized spacial score (nSPS) is 24.4. The van der Waals surface area contributed by atoms with Crippen LogP contribution in [0.4, 0.5) is 5.95 Å². The van der Waals surface area contributed by atoms with Gasteiger partial charge in [0.1, 0.15) is 0 Å². The van der Waals surface area contributed by atoms with Crippen molar-refractivity contribution >= 4 is 5.95 Å². The first-order valence-electron chi connectivity index (χ1n) is 5.98. The van der Waals surface area contributed by atoms with Crippen LogP contribution < -0.4 is 15.4 Å². The fourth-order valence-electron chi connectivity index (χ4n) is 2.30. The number of methoxy groups -OCH3 is 1. The predicted molar refractivity (Wildman–Crippen MR) is 67.1 cm³/mol. The molecule has 2 heterocycles. The van der Waals surface area contributed by atoms with Crippen molar-refractivity contribution in [3.05, 3.63) is 12.4 Å². The van der Waals surface area contributed by atoms with Crippen molar-refractivity contribution < 1.29 is 4.74 Å². The minimum Gasteiger partial charge on any atom is -0.494 e. The van der Waals surface area contributed by atoms with E-state index in [1.807, 2.05) is 0 Å². The Morgan fingerprint density at radius 2 is 2.00 bits per heavy atom. The van der Waals surface area contributed by atoms with Gasteiger partial charge in [0.2, 0.25) is 5.95 Å². The predicted octanol–water partition coefficient (Wildman–Crippen LogP) is 0.905. The van der Waals surface area contributed by atoms with Gasteiger partial charge in [-0.2, -0.15) is 0 Å².